The fourth-order valence-corrected chi connectivity index (χ4v) is 3.55. The molecule has 1 nitrogen and oxygen atoms in total. The molecule has 0 aromatic heterocycles. The minimum atomic E-state index is 0.174. The Balaban J connectivity index is 2.27. The lowest BCUT2D eigenvalue weighted by molar-refractivity contribution is 0.747. The molecule has 0 aliphatic heterocycles. The van der Waals surface area contributed by atoms with Crippen LogP contribution in [0.5, 0.6) is 0 Å². The molecule has 0 spiro atoms. The van der Waals surface area contributed by atoms with Crippen LogP contribution in [-0.4, -0.2) is 5.75 Å². The van der Waals surface area contributed by atoms with Gasteiger partial charge in [-0.3, -0.25) is 0 Å². The van der Waals surface area contributed by atoms with Gasteiger partial charge in [0.25, 0.3) is 0 Å². The Morgan fingerprint density at radius 1 is 1.10 bits per heavy atom. The largest absolute Gasteiger partial charge is 0.377 e. The number of para-hydroxylation sites is 1. The van der Waals surface area contributed by atoms with E-state index >= 15 is 0 Å². The molecule has 0 amide bonds. The number of hydrogen-bond donors (Lipinski definition) is 1. The lowest BCUT2D eigenvalue weighted by Crippen LogP contribution is -2.11. The summed E-state index contributed by atoms with van der Waals surface area (Å²) in [5.41, 5.74) is 2.24. The van der Waals surface area contributed by atoms with Gasteiger partial charge in [-0.15, -0.1) is 11.8 Å². The van der Waals surface area contributed by atoms with Crippen molar-refractivity contribution in [2.75, 3.05) is 11.1 Å². The first-order chi connectivity index (χ1) is 10.2. The third-order valence-electron chi connectivity index (χ3n) is 3.26. The van der Waals surface area contributed by atoms with Crippen LogP contribution in [-0.2, 0) is 0 Å². The quantitative estimate of drug-likeness (QED) is 0.589. The predicted molar refractivity (Wildman–Crippen MR) is 96.0 cm³/mol. The van der Waals surface area contributed by atoms with Gasteiger partial charge in [-0.05, 0) is 42.0 Å². The number of rotatable bonds is 6. The molecule has 0 aliphatic rings. The molecule has 0 heterocycles. The van der Waals surface area contributed by atoms with Gasteiger partial charge >= 0.3 is 0 Å². The lowest BCUT2D eigenvalue weighted by atomic mass is 10.0. The zero-order valence-electron chi connectivity index (χ0n) is 12.2. The average molecular weight is 340 g/mol. The Bertz CT molecular complexity index is 601. The molecule has 0 saturated heterocycles. The van der Waals surface area contributed by atoms with E-state index in [4.69, 9.17) is 23.2 Å². The van der Waals surface area contributed by atoms with Gasteiger partial charge < -0.3 is 5.32 Å². The van der Waals surface area contributed by atoms with Crippen LogP contribution in [0.3, 0.4) is 0 Å². The maximum Gasteiger partial charge on any atom is 0.0526 e. The van der Waals surface area contributed by atoms with E-state index in [0.29, 0.717) is 10.0 Å². The highest BCUT2D eigenvalue weighted by Gasteiger charge is 2.14. The summed E-state index contributed by atoms with van der Waals surface area (Å²) in [7, 11) is 0. The summed E-state index contributed by atoms with van der Waals surface area (Å²) >= 11 is 14.2. The van der Waals surface area contributed by atoms with Crippen molar-refractivity contribution < 1.29 is 0 Å². The molecule has 1 unspecified atom stereocenters. The van der Waals surface area contributed by atoms with Crippen molar-refractivity contribution in [3.8, 4) is 0 Å². The first-order valence-electron chi connectivity index (χ1n) is 7.09. The highest BCUT2D eigenvalue weighted by molar-refractivity contribution is 7.99. The summed E-state index contributed by atoms with van der Waals surface area (Å²) in [6, 6.07) is 14.2. The fraction of sp³-hybridized carbons (Fsp3) is 0.294. The minimum absolute atomic E-state index is 0.174. The Morgan fingerprint density at radius 2 is 1.86 bits per heavy atom. The van der Waals surface area contributed by atoms with E-state index in [9.17, 15) is 0 Å². The van der Waals surface area contributed by atoms with E-state index in [0.717, 1.165) is 23.4 Å². The van der Waals surface area contributed by atoms with E-state index in [-0.39, 0.29) is 6.04 Å². The topological polar surface area (TPSA) is 12.0 Å². The number of anilines is 1. The van der Waals surface area contributed by atoms with Gasteiger partial charge in [0.1, 0.15) is 0 Å². The van der Waals surface area contributed by atoms with Crippen molar-refractivity contribution >= 4 is 40.7 Å². The third kappa shape index (κ3) is 4.32. The molecule has 0 bridgehead atoms. The van der Waals surface area contributed by atoms with Crippen molar-refractivity contribution in [2.24, 2.45) is 0 Å². The zero-order valence-corrected chi connectivity index (χ0v) is 14.5. The first kappa shape index (κ1) is 16.5. The van der Waals surface area contributed by atoms with Gasteiger partial charge in [0.05, 0.1) is 6.04 Å². The number of halogens is 2. The van der Waals surface area contributed by atoms with Crippen molar-refractivity contribution in [2.45, 2.75) is 31.2 Å². The van der Waals surface area contributed by atoms with Gasteiger partial charge in [-0.2, -0.15) is 0 Å². The molecule has 4 heteroatoms. The maximum atomic E-state index is 6.34. The van der Waals surface area contributed by atoms with E-state index in [1.54, 1.807) is 6.07 Å². The normalized spacial score (nSPS) is 12.2. The van der Waals surface area contributed by atoms with Crippen molar-refractivity contribution in [3.05, 3.63) is 58.1 Å². The minimum Gasteiger partial charge on any atom is -0.377 e. The van der Waals surface area contributed by atoms with Crippen LogP contribution in [0.4, 0.5) is 5.69 Å². The number of hydrogen-bond acceptors (Lipinski definition) is 2. The second-order valence-electron chi connectivity index (χ2n) is 4.70. The van der Waals surface area contributed by atoms with Crippen LogP contribution in [0.15, 0.2) is 47.4 Å². The molecule has 2 aromatic rings. The standard InChI is InChI=1S/C17H19Cl2NS/c1-3-15(13-10-9-12(18)11-14(13)19)20-16-7-5-6-8-17(16)21-4-2/h5-11,15,20H,3-4H2,1-2H3. The Kier molecular flexibility index (Phi) is 6.28. The summed E-state index contributed by atoms with van der Waals surface area (Å²) in [4.78, 5) is 1.27. The summed E-state index contributed by atoms with van der Waals surface area (Å²) in [5.74, 6) is 1.05. The highest BCUT2D eigenvalue weighted by atomic mass is 35.5. The monoisotopic (exact) mass is 339 g/mol. The summed E-state index contributed by atoms with van der Waals surface area (Å²) < 4.78 is 0. The molecular weight excluding hydrogens is 321 g/mol. The SMILES string of the molecule is CCSc1ccccc1NC(CC)c1ccc(Cl)cc1Cl. The van der Waals surface area contributed by atoms with Crippen molar-refractivity contribution in [1.29, 1.82) is 0 Å². The maximum absolute atomic E-state index is 6.34. The summed E-state index contributed by atoms with van der Waals surface area (Å²) in [6.07, 6.45) is 0.951. The average Bonchev–Trinajstić information content (AvgIpc) is 2.47. The first-order valence-corrected chi connectivity index (χ1v) is 8.83. The highest BCUT2D eigenvalue weighted by Crippen LogP contribution is 2.34. The number of thioether (sulfide) groups is 1. The van der Waals surface area contributed by atoms with E-state index < -0.39 is 0 Å². The molecule has 0 aliphatic carbocycles. The van der Waals surface area contributed by atoms with Gasteiger partial charge in [0.2, 0.25) is 0 Å². The zero-order chi connectivity index (χ0) is 15.2. The van der Waals surface area contributed by atoms with Gasteiger partial charge in [-0.1, -0.05) is 55.2 Å². The molecular formula is C17H19Cl2NS. The Labute approximate surface area is 141 Å². The Hall–Kier alpha value is -0.830. The van der Waals surface area contributed by atoms with Gasteiger partial charge in [0.15, 0.2) is 0 Å². The number of nitrogens with one attached hydrogen (secondary N) is 1. The third-order valence-corrected chi connectivity index (χ3v) is 4.78. The van der Waals surface area contributed by atoms with Crippen molar-refractivity contribution in [3.63, 3.8) is 0 Å². The molecule has 1 atom stereocenters. The second-order valence-corrected chi connectivity index (χ2v) is 6.85. The van der Waals surface area contributed by atoms with Crippen molar-refractivity contribution in [1.82, 2.24) is 0 Å². The van der Waals surface area contributed by atoms with E-state index in [1.165, 1.54) is 4.90 Å². The van der Waals surface area contributed by atoms with Gasteiger partial charge in [-0.25, -0.2) is 0 Å². The van der Waals surface area contributed by atoms with Crippen LogP contribution < -0.4 is 5.32 Å². The second kappa shape index (κ2) is 7.98. The van der Waals surface area contributed by atoms with Crippen LogP contribution in [0, 0.1) is 0 Å². The molecule has 2 rings (SSSR count). The molecule has 0 fully saturated rings. The van der Waals surface area contributed by atoms with Gasteiger partial charge in [0, 0.05) is 20.6 Å². The molecule has 112 valence electrons. The number of benzene rings is 2. The van der Waals surface area contributed by atoms with E-state index in [1.807, 2.05) is 23.9 Å². The molecule has 2 aromatic carbocycles. The molecule has 1 N–H and O–H groups in total. The smallest absolute Gasteiger partial charge is 0.0526 e. The Morgan fingerprint density at radius 3 is 2.52 bits per heavy atom. The predicted octanol–water partition coefficient (Wildman–Crippen LogP) is 6.67. The van der Waals surface area contributed by atoms with E-state index in [2.05, 4.69) is 43.4 Å². The van der Waals surface area contributed by atoms with Crippen LogP contribution in [0.25, 0.3) is 0 Å². The molecule has 21 heavy (non-hydrogen) atoms. The fourth-order valence-electron chi connectivity index (χ4n) is 2.24. The summed E-state index contributed by atoms with van der Waals surface area (Å²) in [6.45, 7) is 4.31. The molecule has 0 saturated carbocycles. The van der Waals surface area contributed by atoms with Crippen LogP contribution in [0.2, 0.25) is 10.0 Å². The van der Waals surface area contributed by atoms with Crippen LogP contribution in [0.1, 0.15) is 31.9 Å². The lowest BCUT2D eigenvalue weighted by Gasteiger charge is -2.22. The summed E-state index contributed by atoms with van der Waals surface area (Å²) in [5, 5.41) is 4.99. The van der Waals surface area contributed by atoms with Crippen LogP contribution >= 0.6 is 35.0 Å². The molecule has 0 radical (unpaired) electrons.